The van der Waals surface area contributed by atoms with Crippen LogP contribution in [0.1, 0.15) is 12.6 Å². The number of ether oxygens (including phenoxy) is 2. The quantitative estimate of drug-likeness (QED) is 0.550. The number of benzene rings is 1. The summed E-state index contributed by atoms with van der Waals surface area (Å²) >= 11 is 6.44. The van der Waals surface area contributed by atoms with Gasteiger partial charge in [0.15, 0.2) is 17.1 Å². The summed E-state index contributed by atoms with van der Waals surface area (Å²) in [5.74, 6) is 2.32. The number of aromatic amines is 1. The highest BCUT2D eigenvalue weighted by Crippen LogP contribution is 2.41. The predicted molar refractivity (Wildman–Crippen MR) is 128 cm³/mol. The molecule has 32 heavy (non-hydrogen) atoms. The molecule has 1 aliphatic rings. The van der Waals surface area contributed by atoms with Crippen LogP contribution in [0, 0.1) is 0 Å². The topological polar surface area (TPSA) is 82.6 Å². The number of rotatable bonds is 8. The minimum Gasteiger partial charge on any atom is -0.491 e. The van der Waals surface area contributed by atoms with Gasteiger partial charge in [-0.1, -0.05) is 18.5 Å². The molecule has 1 N–H and O–H groups in total. The fourth-order valence-corrected chi connectivity index (χ4v) is 4.20. The zero-order valence-corrected chi connectivity index (χ0v) is 19.8. The van der Waals surface area contributed by atoms with E-state index in [9.17, 15) is 0 Å². The van der Waals surface area contributed by atoms with Gasteiger partial charge in [0, 0.05) is 43.8 Å². The number of anilines is 2. The number of H-pyrrole nitrogens is 1. The lowest BCUT2D eigenvalue weighted by atomic mass is 10.2. The third-order valence-electron chi connectivity index (χ3n) is 5.67. The van der Waals surface area contributed by atoms with Gasteiger partial charge in [-0.25, -0.2) is 9.97 Å². The number of piperazine rings is 1. The Morgan fingerprint density at radius 3 is 2.56 bits per heavy atom. The Labute approximate surface area is 193 Å². The van der Waals surface area contributed by atoms with Gasteiger partial charge in [0.25, 0.3) is 0 Å². The van der Waals surface area contributed by atoms with Gasteiger partial charge in [0.1, 0.15) is 18.8 Å². The monoisotopic (exact) mass is 459 g/mol. The van der Waals surface area contributed by atoms with E-state index in [1.807, 2.05) is 26.2 Å². The van der Waals surface area contributed by atoms with Crippen molar-refractivity contribution in [2.45, 2.75) is 13.3 Å². The molecule has 0 bridgehead atoms. The first-order chi connectivity index (χ1) is 15.5. The molecule has 4 rings (SSSR count). The van der Waals surface area contributed by atoms with Crippen LogP contribution in [0.15, 0.2) is 18.5 Å². The molecule has 2 aromatic heterocycles. The van der Waals surface area contributed by atoms with E-state index in [1.165, 1.54) is 0 Å². The van der Waals surface area contributed by atoms with Crippen LogP contribution in [0.2, 0.25) is 5.02 Å². The zero-order valence-electron chi connectivity index (χ0n) is 19.1. The zero-order chi connectivity index (χ0) is 22.7. The molecular formula is C22H30ClN7O2. The molecule has 1 fully saturated rings. The minimum absolute atomic E-state index is 0.561. The van der Waals surface area contributed by atoms with Crippen molar-refractivity contribution in [2.75, 3.05) is 70.3 Å². The van der Waals surface area contributed by atoms with Crippen LogP contribution in [0.25, 0.3) is 11.0 Å². The molecule has 0 radical (unpaired) electrons. The van der Waals surface area contributed by atoms with Crippen molar-refractivity contribution < 1.29 is 9.47 Å². The van der Waals surface area contributed by atoms with Crippen LogP contribution in [0.4, 0.5) is 11.5 Å². The number of hydrogen-bond donors (Lipinski definition) is 1. The van der Waals surface area contributed by atoms with Crippen molar-refractivity contribution in [3.8, 4) is 11.5 Å². The Kier molecular flexibility index (Phi) is 6.86. The number of aryl methyl sites for hydroxylation is 1. The van der Waals surface area contributed by atoms with Crippen LogP contribution < -0.4 is 19.3 Å². The van der Waals surface area contributed by atoms with Gasteiger partial charge in [0.05, 0.1) is 23.9 Å². The summed E-state index contributed by atoms with van der Waals surface area (Å²) in [4.78, 5) is 15.6. The molecule has 3 aromatic rings. The van der Waals surface area contributed by atoms with E-state index in [0.29, 0.717) is 23.1 Å². The van der Waals surface area contributed by atoms with E-state index >= 15 is 0 Å². The number of aromatic nitrogens is 4. The Balaban J connectivity index is 1.53. The van der Waals surface area contributed by atoms with Crippen LogP contribution in [0.5, 0.6) is 11.5 Å². The van der Waals surface area contributed by atoms with Gasteiger partial charge in [-0.2, -0.15) is 5.10 Å². The Bertz CT molecular complexity index is 1060. The van der Waals surface area contributed by atoms with E-state index in [2.05, 4.69) is 41.8 Å². The van der Waals surface area contributed by atoms with Gasteiger partial charge < -0.3 is 24.2 Å². The van der Waals surface area contributed by atoms with Crippen molar-refractivity contribution >= 4 is 34.1 Å². The Hall–Kier alpha value is -2.78. The third-order valence-corrected chi connectivity index (χ3v) is 5.89. The maximum absolute atomic E-state index is 6.44. The number of likely N-dealkylation sites (N-methyl/N-ethyl adjacent to an activating group) is 1. The van der Waals surface area contributed by atoms with E-state index in [-0.39, 0.29) is 0 Å². The fraction of sp³-hybridized carbons (Fsp3) is 0.500. The average molecular weight is 460 g/mol. The van der Waals surface area contributed by atoms with E-state index < -0.39 is 0 Å². The Morgan fingerprint density at radius 2 is 1.88 bits per heavy atom. The fourth-order valence-electron chi connectivity index (χ4n) is 4.00. The number of halogens is 1. The first kappa shape index (κ1) is 22.4. The first-order valence-corrected chi connectivity index (χ1v) is 11.2. The first-order valence-electron chi connectivity index (χ1n) is 10.8. The van der Waals surface area contributed by atoms with Crippen molar-refractivity contribution in [1.29, 1.82) is 0 Å². The second-order valence-electron chi connectivity index (χ2n) is 8.03. The molecule has 0 saturated carbocycles. The average Bonchev–Trinajstić information content (AvgIpc) is 3.22. The summed E-state index contributed by atoms with van der Waals surface area (Å²) in [6.07, 6.45) is 2.43. The number of nitrogens with one attached hydrogen (secondary N) is 1. The highest BCUT2D eigenvalue weighted by atomic mass is 35.5. The van der Waals surface area contributed by atoms with Crippen molar-refractivity contribution in [1.82, 2.24) is 25.1 Å². The number of hydrogen-bond acceptors (Lipinski definition) is 8. The second-order valence-corrected chi connectivity index (χ2v) is 8.46. The highest BCUT2D eigenvalue weighted by molar-refractivity contribution is 6.31. The van der Waals surface area contributed by atoms with Crippen LogP contribution in [0.3, 0.4) is 0 Å². The molecule has 0 atom stereocenters. The van der Waals surface area contributed by atoms with Gasteiger partial charge in [-0.3, -0.25) is 5.10 Å². The summed E-state index contributed by atoms with van der Waals surface area (Å²) in [5, 5.41) is 9.06. The van der Waals surface area contributed by atoms with Gasteiger partial charge in [-0.15, -0.1) is 0 Å². The molecule has 9 nitrogen and oxygen atoms in total. The molecule has 0 spiro atoms. The summed E-state index contributed by atoms with van der Waals surface area (Å²) in [5.41, 5.74) is 2.73. The maximum Gasteiger partial charge on any atom is 0.184 e. The van der Waals surface area contributed by atoms with Crippen molar-refractivity contribution in [3.05, 3.63) is 29.2 Å². The Morgan fingerprint density at radius 1 is 1.12 bits per heavy atom. The van der Waals surface area contributed by atoms with Crippen LogP contribution in [-0.4, -0.2) is 85.6 Å². The third kappa shape index (κ3) is 4.54. The summed E-state index contributed by atoms with van der Waals surface area (Å²) in [6.45, 7) is 6.70. The normalized spacial score (nSPS) is 14.4. The molecule has 0 aliphatic carbocycles. The van der Waals surface area contributed by atoms with Gasteiger partial charge in [-0.05, 0) is 26.6 Å². The molecule has 172 valence electrons. The van der Waals surface area contributed by atoms with E-state index in [4.69, 9.17) is 21.1 Å². The number of methoxy groups -OCH3 is 1. The molecule has 1 saturated heterocycles. The van der Waals surface area contributed by atoms with Crippen molar-refractivity contribution in [3.63, 3.8) is 0 Å². The maximum atomic E-state index is 6.44. The highest BCUT2D eigenvalue weighted by Gasteiger charge is 2.25. The lowest BCUT2D eigenvalue weighted by Gasteiger charge is -2.37. The molecule has 0 unspecified atom stereocenters. The summed E-state index contributed by atoms with van der Waals surface area (Å²) in [7, 11) is 5.70. The van der Waals surface area contributed by atoms with E-state index in [0.717, 1.165) is 67.4 Å². The molecular weight excluding hydrogens is 430 g/mol. The summed E-state index contributed by atoms with van der Waals surface area (Å²) < 4.78 is 11.7. The van der Waals surface area contributed by atoms with E-state index in [1.54, 1.807) is 13.4 Å². The SMILES string of the molecule is CCc1n[nH]c2ncnc(N3CCN(c4cc(Cl)cc(OCCN(C)C)c4OC)CC3)c12. The lowest BCUT2D eigenvalue weighted by molar-refractivity contribution is 0.251. The standard InChI is InChI=1S/C22H30ClN7O2/c1-5-16-19-21(27-26-16)24-14-25-22(19)30-8-6-29(7-9-30)17-12-15(23)13-18(20(17)31-4)32-11-10-28(2)3/h12-14H,5-11H2,1-4H3,(H,24,25,26,27). The lowest BCUT2D eigenvalue weighted by Crippen LogP contribution is -2.47. The molecule has 1 aliphatic heterocycles. The number of nitrogens with zero attached hydrogens (tertiary/aromatic N) is 6. The largest absolute Gasteiger partial charge is 0.491 e. The molecule has 0 amide bonds. The predicted octanol–water partition coefficient (Wildman–Crippen LogP) is 2.84. The van der Waals surface area contributed by atoms with Crippen molar-refractivity contribution in [2.24, 2.45) is 0 Å². The van der Waals surface area contributed by atoms with Gasteiger partial charge in [0.2, 0.25) is 0 Å². The molecule has 3 heterocycles. The molecule has 1 aromatic carbocycles. The molecule has 10 heteroatoms. The summed E-state index contributed by atoms with van der Waals surface area (Å²) in [6, 6.07) is 3.77. The number of fused-ring (bicyclic) bond motifs is 1. The smallest absolute Gasteiger partial charge is 0.184 e. The van der Waals surface area contributed by atoms with Gasteiger partial charge >= 0.3 is 0 Å². The van der Waals surface area contributed by atoms with Crippen LogP contribution in [-0.2, 0) is 6.42 Å². The second kappa shape index (κ2) is 9.79. The van der Waals surface area contributed by atoms with Crippen LogP contribution >= 0.6 is 11.6 Å². The minimum atomic E-state index is 0.561.